The van der Waals surface area contributed by atoms with E-state index in [9.17, 15) is 8.42 Å². The van der Waals surface area contributed by atoms with E-state index < -0.39 is 10.0 Å². The summed E-state index contributed by atoms with van der Waals surface area (Å²) >= 11 is 6.40. The molecule has 170 valence electrons. The van der Waals surface area contributed by atoms with Gasteiger partial charge in [-0.05, 0) is 46.6 Å². The fraction of sp³-hybridized carbons (Fsp3) is 0.762. The maximum Gasteiger partial charge on any atom is 0.244 e. The van der Waals surface area contributed by atoms with Crippen LogP contribution in [-0.2, 0) is 19.5 Å². The van der Waals surface area contributed by atoms with Crippen molar-refractivity contribution in [1.82, 2.24) is 9.29 Å². The van der Waals surface area contributed by atoms with Gasteiger partial charge in [0, 0.05) is 32.4 Å². The minimum atomic E-state index is -3.63. The fourth-order valence-electron chi connectivity index (χ4n) is 3.36. The van der Waals surface area contributed by atoms with Gasteiger partial charge in [0.05, 0.1) is 28.4 Å². The fourth-order valence-corrected chi connectivity index (χ4v) is 5.19. The molecule has 2 saturated heterocycles. The second-order valence-corrected chi connectivity index (χ2v) is 11.8. The van der Waals surface area contributed by atoms with Gasteiger partial charge in [0.2, 0.25) is 10.0 Å². The second kappa shape index (κ2) is 8.54. The maximum absolute atomic E-state index is 12.9. The number of pyridine rings is 1. The molecule has 0 spiro atoms. The summed E-state index contributed by atoms with van der Waals surface area (Å²) < 4.78 is 39.2. The lowest BCUT2D eigenvalue weighted by Gasteiger charge is -2.43. The van der Waals surface area contributed by atoms with E-state index >= 15 is 0 Å². The summed E-state index contributed by atoms with van der Waals surface area (Å²) in [5.41, 5.74) is -0.408. The van der Waals surface area contributed by atoms with Crippen LogP contribution < -0.4 is 4.90 Å². The Bertz CT molecular complexity index is 863. The molecule has 3 rings (SSSR count). The number of rotatable bonds is 9. The van der Waals surface area contributed by atoms with Crippen molar-refractivity contribution in [3.05, 3.63) is 17.3 Å². The van der Waals surface area contributed by atoms with Crippen LogP contribution in [0.5, 0.6) is 0 Å². The molecule has 0 unspecified atom stereocenters. The smallest absolute Gasteiger partial charge is 0.244 e. The van der Waals surface area contributed by atoms with Crippen molar-refractivity contribution in [2.75, 3.05) is 31.1 Å². The lowest BCUT2D eigenvalue weighted by atomic mass is 10.0. The maximum atomic E-state index is 12.9. The molecule has 0 atom stereocenters. The molecule has 0 aliphatic carbocycles. The Morgan fingerprint density at radius 1 is 1.03 bits per heavy atom. The van der Waals surface area contributed by atoms with Crippen molar-refractivity contribution >= 4 is 27.4 Å². The molecule has 2 aliphatic heterocycles. The van der Waals surface area contributed by atoms with E-state index in [2.05, 4.69) is 32.7 Å². The number of aromatic nitrogens is 1. The first-order valence-corrected chi connectivity index (χ1v) is 12.4. The van der Waals surface area contributed by atoms with Crippen molar-refractivity contribution in [3.8, 4) is 0 Å². The minimum Gasteiger partial charge on any atom is -0.370 e. The average Bonchev–Trinajstić information content (AvgIpc) is 2.61. The molecule has 0 N–H and O–H groups in total. The highest BCUT2D eigenvalue weighted by Gasteiger charge is 2.40. The Morgan fingerprint density at radius 2 is 1.53 bits per heavy atom. The van der Waals surface area contributed by atoms with Gasteiger partial charge in [-0.15, -0.1) is 0 Å². The molecule has 0 saturated carbocycles. The lowest BCUT2D eigenvalue weighted by Crippen LogP contribution is -2.56. The molecule has 2 aliphatic rings. The molecular formula is C21H34ClN3O4S. The molecule has 7 nitrogen and oxygen atoms in total. The zero-order chi connectivity index (χ0) is 22.3. The van der Waals surface area contributed by atoms with Gasteiger partial charge in [-0.1, -0.05) is 25.4 Å². The Kier molecular flexibility index (Phi) is 6.76. The zero-order valence-electron chi connectivity index (χ0n) is 18.8. The Hall–Kier alpha value is -0.930. The Balaban J connectivity index is 1.59. The van der Waals surface area contributed by atoms with Gasteiger partial charge in [-0.2, -0.15) is 4.31 Å². The summed E-state index contributed by atoms with van der Waals surface area (Å²) in [4.78, 5) is 6.48. The van der Waals surface area contributed by atoms with Crippen LogP contribution in [0.3, 0.4) is 0 Å². The summed E-state index contributed by atoms with van der Waals surface area (Å²) in [7, 11) is -3.63. The molecule has 1 aromatic rings. The van der Waals surface area contributed by atoms with Crippen LogP contribution >= 0.6 is 11.6 Å². The quantitative estimate of drug-likeness (QED) is 0.560. The van der Waals surface area contributed by atoms with Crippen molar-refractivity contribution < 1.29 is 17.9 Å². The van der Waals surface area contributed by atoms with Crippen LogP contribution in [0, 0.1) is 0 Å². The monoisotopic (exact) mass is 459 g/mol. The first kappa shape index (κ1) is 23.7. The molecule has 0 bridgehead atoms. The Labute approximate surface area is 185 Å². The van der Waals surface area contributed by atoms with E-state index in [1.54, 1.807) is 0 Å². The molecule has 0 radical (unpaired) electrons. The van der Waals surface area contributed by atoms with Crippen molar-refractivity contribution in [2.45, 2.75) is 82.7 Å². The summed E-state index contributed by atoms with van der Waals surface area (Å²) in [5, 5.41) is 0.338. The van der Waals surface area contributed by atoms with Gasteiger partial charge in [0.15, 0.2) is 0 Å². The molecule has 2 fully saturated rings. The average molecular weight is 460 g/mol. The normalized spacial score (nSPS) is 19.6. The molecule has 0 aromatic carbocycles. The van der Waals surface area contributed by atoms with E-state index in [1.165, 1.54) is 16.6 Å². The third-order valence-corrected chi connectivity index (χ3v) is 8.15. The van der Waals surface area contributed by atoms with Gasteiger partial charge in [0.25, 0.3) is 0 Å². The van der Waals surface area contributed by atoms with E-state index in [0.29, 0.717) is 37.0 Å². The summed E-state index contributed by atoms with van der Waals surface area (Å²) in [6.07, 6.45) is 3.25. The molecule has 30 heavy (non-hydrogen) atoms. The Morgan fingerprint density at radius 3 is 2.00 bits per heavy atom. The summed E-state index contributed by atoms with van der Waals surface area (Å²) in [5.74, 6) is 0.597. The minimum absolute atomic E-state index is 0.0807. The van der Waals surface area contributed by atoms with Gasteiger partial charge < -0.3 is 14.4 Å². The number of sulfonamides is 1. The third-order valence-electron chi connectivity index (χ3n) is 6.07. The van der Waals surface area contributed by atoms with Crippen LogP contribution in [-0.4, -0.2) is 67.3 Å². The number of hydrogen-bond donors (Lipinski definition) is 0. The summed E-state index contributed by atoms with van der Waals surface area (Å²) in [6.45, 7) is 14.4. The highest BCUT2D eigenvalue weighted by atomic mass is 35.5. The van der Waals surface area contributed by atoms with Crippen molar-refractivity contribution in [3.63, 3.8) is 0 Å². The zero-order valence-corrected chi connectivity index (χ0v) is 20.4. The van der Waals surface area contributed by atoms with Crippen LogP contribution in [0.1, 0.15) is 54.4 Å². The van der Waals surface area contributed by atoms with Gasteiger partial charge >= 0.3 is 0 Å². The van der Waals surface area contributed by atoms with Crippen molar-refractivity contribution in [2.24, 2.45) is 0 Å². The van der Waals surface area contributed by atoms with Crippen LogP contribution in [0.15, 0.2) is 17.2 Å². The lowest BCUT2D eigenvalue weighted by molar-refractivity contribution is -0.113. The second-order valence-electron chi connectivity index (χ2n) is 9.41. The highest BCUT2D eigenvalue weighted by Crippen LogP contribution is 2.33. The number of anilines is 1. The van der Waals surface area contributed by atoms with E-state index in [1.807, 2.05) is 18.7 Å². The van der Waals surface area contributed by atoms with E-state index in [0.717, 1.165) is 12.8 Å². The van der Waals surface area contributed by atoms with E-state index in [-0.39, 0.29) is 28.3 Å². The SMILES string of the molecule is CCC(C)(C)OC1CN(c2ncc(S(=O)(=O)N3CC(OC(C)(C)CC)C3)cc2Cl)C1. The topological polar surface area (TPSA) is 72.0 Å². The molecule has 1 aromatic heterocycles. The standard InChI is InChI=1S/C21H34ClN3O4S/c1-7-20(3,4)28-15-11-24(12-15)19-18(22)9-17(10-23-19)30(26,27)25-13-16(14-25)29-21(5,6)8-2/h9-10,15-16H,7-8,11-14H2,1-6H3. The molecule has 0 amide bonds. The van der Waals surface area contributed by atoms with Gasteiger partial charge in [0.1, 0.15) is 10.7 Å². The highest BCUT2D eigenvalue weighted by molar-refractivity contribution is 7.89. The number of halogens is 1. The van der Waals surface area contributed by atoms with Gasteiger partial charge in [-0.3, -0.25) is 0 Å². The van der Waals surface area contributed by atoms with Gasteiger partial charge in [-0.25, -0.2) is 13.4 Å². The number of nitrogens with zero attached hydrogens (tertiary/aromatic N) is 3. The molecule has 9 heteroatoms. The van der Waals surface area contributed by atoms with Crippen LogP contribution in [0.25, 0.3) is 0 Å². The first-order valence-electron chi connectivity index (χ1n) is 10.6. The molecule has 3 heterocycles. The predicted octanol–water partition coefficient (Wildman–Crippen LogP) is 3.71. The predicted molar refractivity (Wildman–Crippen MR) is 119 cm³/mol. The summed E-state index contributed by atoms with van der Waals surface area (Å²) in [6, 6.07) is 1.49. The number of ether oxygens (including phenoxy) is 2. The first-order chi connectivity index (χ1) is 13.9. The molecular weight excluding hydrogens is 426 g/mol. The largest absolute Gasteiger partial charge is 0.370 e. The van der Waals surface area contributed by atoms with Crippen LogP contribution in [0.4, 0.5) is 5.82 Å². The van der Waals surface area contributed by atoms with E-state index in [4.69, 9.17) is 21.1 Å². The number of hydrogen-bond acceptors (Lipinski definition) is 6. The van der Waals surface area contributed by atoms with Crippen molar-refractivity contribution in [1.29, 1.82) is 0 Å². The van der Waals surface area contributed by atoms with Crippen LogP contribution in [0.2, 0.25) is 5.02 Å². The third kappa shape index (κ3) is 5.10.